The summed E-state index contributed by atoms with van der Waals surface area (Å²) in [6.07, 6.45) is 1.44. The van der Waals surface area contributed by atoms with E-state index in [1.807, 2.05) is 6.92 Å². The minimum atomic E-state index is -3.65. The normalized spacial score (nSPS) is 11.6. The van der Waals surface area contributed by atoms with Crippen molar-refractivity contribution in [1.29, 1.82) is 0 Å². The Labute approximate surface area is 136 Å². The highest BCUT2D eigenvalue weighted by molar-refractivity contribution is 9.11. The lowest BCUT2D eigenvalue weighted by Crippen LogP contribution is -2.11. The van der Waals surface area contributed by atoms with Crippen LogP contribution in [0.1, 0.15) is 5.56 Å². The summed E-state index contributed by atoms with van der Waals surface area (Å²) in [5, 5.41) is 0.371. The highest BCUT2D eigenvalue weighted by Gasteiger charge is 2.19. The zero-order valence-corrected chi connectivity index (χ0v) is 15.0. The van der Waals surface area contributed by atoms with E-state index in [4.69, 9.17) is 11.6 Å². The quantitative estimate of drug-likeness (QED) is 0.710. The Hall–Kier alpha value is -0.150. The van der Waals surface area contributed by atoms with Crippen LogP contribution in [0.3, 0.4) is 0 Å². The number of nitrogens with zero attached hydrogens (tertiary/aromatic N) is 1. The van der Waals surface area contributed by atoms with Crippen molar-refractivity contribution in [2.45, 2.75) is 11.1 Å². The van der Waals surface area contributed by atoms with Gasteiger partial charge in [-0.25, -0.2) is 13.4 Å². The third-order valence-electron chi connectivity index (χ3n) is 2.15. The smallest absolute Gasteiger partial charge is 0.271 e. The molecule has 0 fully saturated rings. The molecular weight excluding hydrogens is 440 g/mol. The minimum Gasteiger partial charge on any atom is -0.277 e. The number of sulfonamides is 1. The molecule has 0 amide bonds. The fourth-order valence-corrected chi connectivity index (χ4v) is 4.93. The van der Waals surface area contributed by atoms with Gasteiger partial charge in [-0.3, -0.25) is 4.72 Å². The molecular formula is C10H7Br2ClN2O2S2. The molecule has 2 aromatic heterocycles. The third kappa shape index (κ3) is 3.49. The molecule has 2 aromatic rings. The van der Waals surface area contributed by atoms with Gasteiger partial charge in [0.05, 0.1) is 20.7 Å². The number of thiophene rings is 1. The summed E-state index contributed by atoms with van der Waals surface area (Å²) in [6.45, 7) is 1.83. The molecule has 0 saturated carbocycles. The Morgan fingerprint density at radius 2 is 2.05 bits per heavy atom. The molecule has 102 valence electrons. The fraction of sp³-hybridized carbons (Fsp3) is 0.100. The van der Waals surface area contributed by atoms with Gasteiger partial charge >= 0.3 is 0 Å². The van der Waals surface area contributed by atoms with E-state index in [1.165, 1.54) is 12.3 Å². The molecule has 9 heteroatoms. The Balaban J connectivity index is 2.33. The zero-order valence-electron chi connectivity index (χ0n) is 9.45. The first-order chi connectivity index (χ1) is 8.79. The standard InChI is InChI=1S/C10H7Br2ClN2O2S2/c1-5-2-6(4-14-9(5)11)15-19(16,17)8-3-7(13)10(12)18-8/h2-4,15H,1H3. The average molecular weight is 447 g/mol. The maximum Gasteiger partial charge on any atom is 0.271 e. The Morgan fingerprint density at radius 1 is 1.37 bits per heavy atom. The van der Waals surface area contributed by atoms with Crippen molar-refractivity contribution in [2.24, 2.45) is 0 Å². The van der Waals surface area contributed by atoms with Crippen LogP contribution in [-0.4, -0.2) is 13.4 Å². The lowest BCUT2D eigenvalue weighted by atomic mass is 10.3. The van der Waals surface area contributed by atoms with Gasteiger partial charge in [0.15, 0.2) is 0 Å². The van der Waals surface area contributed by atoms with Gasteiger partial charge in [-0.05, 0) is 56.5 Å². The van der Waals surface area contributed by atoms with Crippen molar-refractivity contribution in [3.8, 4) is 0 Å². The molecule has 2 heterocycles. The first-order valence-electron chi connectivity index (χ1n) is 4.89. The molecule has 19 heavy (non-hydrogen) atoms. The monoisotopic (exact) mass is 444 g/mol. The molecule has 0 aromatic carbocycles. The summed E-state index contributed by atoms with van der Waals surface area (Å²) in [6, 6.07) is 3.09. The maximum absolute atomic E-state index is 12.1. The third-order valence-corrected chi connectivity index (χ3v) is 7.31. The molecule has 0 aliphatic carbocycles. The van der Waals surface area contributed by atoms with Gasteiger partial charge in [-0.2, -0.15) is 0 Å². The summed E-state index contributed by atoms with van der Waals surface area (Å²) in [5.41, 5.74) is 1.24. The highest BCUT2D eigenvalue weighted by Crippen LogP contribution is 2.35. The van der Waals surface area contributed by atoms with Crippen molar-refractivity contribution in [2.75, 3.05) is 4.72 Å². The topological polar surface area (TPSA) is 59.1 Å². The van der Waals surface area contributed by atoms with E-state index < -0.39 is 10.0 Å². The maximum atomic E-state index is 12.1. The Kier molecular flexibility index (Phi) is 4.56. The summed E-state index contributed by atoms with van der Waals surface area (Å²) in [4.78, 5) is 4.04. The second-order valence-electron chi connectivity index (χ2n) is 3.62. The second kappa shape index (κ2) is 5.69. The summed E-state index contributed by atoms with van der Waals surface area (Å²) >= 11 is 13.3. The Morgan fingerprint density at radius 3 is 2.58 bits per heavy atom. The number of aromatic nitrogens is 1. The van der Waals surface area contributed by atoms with Crippen LogP contribution in [0, 0.1) is 6.92 Å². The first-order valence-corrected chi connectivity index (χ1v) is 9.16. The van der Waals surface area contributed by atoms with Crippen LogP contribution in [0.5, 0.6) is 0 Å². The number of pyridine rings is 1. The van der Waals surface area contributed by atoms with E-state index in [9.17, 15) is 8.42 Å². The first kappa shape index (κ1) is 15.2. The largest absolute Gasteiger partial charge is 0.277 e. The highest BCUT2D eigenvalue weighted by atomic mass is 79.9. The molecule has 0 unspecified atom stereocenters. The molecule has 0 saturated heterocycles. The van der Waals surface area contributed by atoms with Crippen LogP contribution in [-0.2, 0) is 10.0 Å². The number of halogens is 3. The molecule has 1 N–H and O–H groups in total. The molecule has 0 spiro atoms. The van der Waals surface area contributed by atoms with Crippen LogP contribution in [0.25, 0.3) is 0 Å². The fourth-order valence-electron chi connectivity index (χ4n) is 1.28. The number of rotatable bonds is 3. The second-order valence-corrected chi connectivity index (χ2v) is 9.06. The van der Waals surface area contributed by atoms with Crippen molar-refractivity contribution >= 4 is 70.5 Å². The van der Waals surface area contributed by atoms with Crippen molar-refractivity contribution in [1.82, 2.24) is 4.98 Å². The van der Waals surface area contributed by atoms with Crippen LogP contribution in [0.4, 0.5) is 5.69 Å². The van der Waals surface area contributed by atoms with Crippen LogP contribution in [0.15, 0.2) is 30.9 Å². The molecule has 2 rings (SSSR count). The van der Waals surface area contributed by atoms with Crippen LogP contribution in [0.2, 0.25) is 5.02 Å². The van der Waals surface area contributed by atoms with Crippen molar-refractivity contribution in [3.63, 3.8) is 0 Å². The van der Waals surface area contributed by atoms with Crippen molar-refractivity contribution in [3.05, 3.63) is 37.3 Å². The average Bonchev–Trinajstić information content (AvgIpc) is 2.65. The predicted molar refractivity (Wildman–Crippen MR) is 84.5 cm³/mol. The number of anilines is 1. The summed E-state index contributed by atoms with van der Waals surface area (Å²) in [7, 11) is -3.65. The van der Waals surface area contributed by atoms with E-state index in [0.717, 1.165) is 16.9 Å². The van der Waals surface area contributed by atoms with Gasteiger partial charge in [0.1, 0.15) is 8.81 Å². The molecule has 4 nitrogen and oxygen atoms in total. The van der Waals surface area contributed by atoms with E-state index in [1.54, 1.807) is 6.07 Å². The minimum absolute atomic E-state index is 0.143. The summed E-state index contributed by atoms with van der Waals surface area (Å²) in [5.74, 6) is 0. The number of aryl methyl sites for hydroxylation is 1. The van der Waals surface area contributed by atoms with E-state index in [0.29, 0.717) is 19.1 Å². The van der Waals surface area contributed by atoms with Gasteiger partial charge in [-0.1, -0.05) is 11.6 Å². The molecule has 0 aliphatic rings. The zero-order chi connectivity index (χ0) is 14.2. The summed E-state index contributed by atoms with van der Waals surface area (Å²) < 4.78 is 28.2. The van der Waals surface area contributed by atoms with Gasteiger partial charge in [0.25, 0.3) is 10.0 Å². The van der Waals surface area contributed by atoms with Gasteiger partial charge < -0.3 is 0 Å². The van der Waals surface area contributed by atoms with E-state index >= 15 is 0 Å². The SMILES string of the molecule is Cc1cc(NS(=O)(=O)c2cc(Cl)c(Br)s2)cnc1Br. The molecule has 0 bridgehead atoms. The Bertz CT molecular complexity index is 712. The van der Waals surface area contributed by atoms with Gasteiger partial charge in [0, 0.05) is 0 Å². The van der Waals surface area contributed by atoms with Gasteiger partial charge in [0.2, 0.25) is 0 Å². The van der Waals surface area contributed by atoms with E-state index in [2.05, 4.69) is 41.6 Å². The van der Waals surface area contributed by atoms with Crippen LogP contribution >= 0.6 is 54.8 Å². The number of hydrogen-bond donors (Lipinski definition) is 1. The van der Waals surface area contributed by atoms with Crippen LogP contribution < -0.4 is 4.72 Å². The molecule has 0 aliphatic heterocycles. The lowest BCUT2D eigenvalue weighted by Gasteiger charge is -2.07. The van der Waals surface area contributed by atoms with E-state index in [-0.39, 0.29) is 4.21 Å². The van der Waals surface area contributed by atoms with Gasteiger partial charge in [-0.15, -0.1) is 11.3 Å². The van der Waals surface area contributed by atoms with Crippen molar-refractivity contribution < 1.29 is 8.42 Å². The predicted octanol–water partition coefficient (Wildman–Crippen LogP) is 4.43. The molecule has 0 radical (unpaired) electrons. The number of nitrogens with one attached hydrogen (secondary N) is 1. The molecule has 0 atom stereocenters. The number of hydrogen-bond acceptors (Lipinski definition) is 4. The lowest BCUT2D eigenvalue weighted by molar-refractivity contribution is 0.603.